The quantitative estimate of drug-likeness (QED) is 0.137. The third kappa shape index (κ3) is 5.22. The number of carbonyl (C=O) groups is 3. The first-order valence-corrected chi connectivity index (χ1v) is 13.2. The van der Waals surface area contributed by atoms with E-state index in [1.807, 2.05) is 37.3 Å². The Morgan fingerprint density at radius 1 is 0.829 bits per heavy atom. The van der Waals surface area contributed by atoms with Crippen LogP contribution >= 0.6 is 0 Å². The fourth-order valence-corrected chi connectivity index (χ4v) is 5.48. The van der Waals surface area contributed by atoms with Crippen molar-refractivity contribution in [2.24, 2.45) is 0 Å². The Morgan fingerprint density at radius 3 is 2.17 bits per heavy atom. The molecule has 10 heteroatoms. The molecule has 1 saturated heterocycles. The number of fused-ring (bicyclic) bond motifs is 5. The maximum absolute atomic E-state index is 13.3. The molecule has 41 heavy (non-hydrogen) atoms. The van der Waals surface area contributed by atoms with Gasteiger partial charge in [-0.15, -0.1) is 0 Å². The molecule has 0 N–H and O–H groups in total. The highest BCUT2D eigenvalue weighted by molar-refractivity contribution is 6.16. The zero-order valence-corrected chi connectivity index (χ0v) is 23.3. The van der Waals surface area contributed by atoms with Crippen LogP contribution in [-0.4, -0.2) is 49.9 Å². The molecule has 1 fully saturated rings. The standard InChI is InChI=1S/C31H30O10/c1-6-18-7-8-19-20-9-10-21-24(36-5)12-11-22(26(21)27(20)41-31(35)23(19)13-18)28-30(39-17(4)34)29(38-16(3)33)25(40-28)14-37-15(2)32/h7-13,25,28-30H,6,14H2,1-5H3/t25-,28-,29-,30+/m1/s1. The molecule has 1 aromatic heterocycles. The van der Waals surface area contributed by atoms with Gasteiger partial charge in [0.15, 0.2) is 12.2 Å². The summed E-state index contributed by atoms with van der Waals surface area (Å²) in [7, 11) is 1.53. The zero-order valence-electron chi connectivity index (χ0n) is 23.3. The second-order valence-corrected chi connectivity index (χ2v) is 9.89. The topological polar surface area (TPSA) is 128 Å². The van der Waals surface area contributed by atoms with Crippen molar-refractivity contribution in [3.8, 4) is 5.75 Å². The second-order valence-electron chi connectivity index (χ2n) is 9.89. The summed E-state index contributed by atoms with van der Waals surface area (Å²) in [5.74, 6) is -1.29. The minimum Gasteiger partial charge on any atom is -0.496 e. The molecule has 0 aliphatic carbocycles. The van der Waals surface area contributed by atoms with Gasteiger partial charge in [-0.2, -0.15) is 0 Å². The van der Waals surface area contributed by atoms with Crippen molar-refractivity contribution in [3.05, 3.63) is 64.0 Å². The Labute approximate surface area is 235 Å². The first kappa shape index (κ1) is 28.1. The van der Waals surface area contributed by atoms with E-state index in [4.69, 9.17) is 28.1 Å². The highest BCUT2D eigenvalue weighted by Gasteiger charge is 2.50. The van der Waals surface area contributed by atoms with E-state index in [1.165, 1.54) is 27.9 Å². The Balaban J connectivity index is 1.78. The Morgan fingerprint density at radius 2 is 1.51 bits per heavy atom. The lowest BCUT2D eigenvalue weighted by molar-refractivity contribution is -0.165. The average molecular weight is 563 g/mol. The van der Waals surface area contributed by atoms with Gasteiger partial charge in [0.25, 0.3) is 0 Å². The summed E-state index contributed by atoms with van der Waals surface area (Å²) >= 11 is 0. The lowest BCUT2D eigenvalue weighted by Gasteiger charge is -2.24. The van der Waals surface area contributed by atoms with Crippen molar-refractivity contribution >= 4 is 50.4 Å². The fourth-order valence-electron chi connectivity index (χ4n) is 5.48. The van der Waals surface area contributed by atoms with E-state index in [-0.39, 0.29) is 6.61 Å². The number of aryl methyl sites for hydroxylation is 1. The number of hydrogen-bond acceptors (Lipinski definition) is 10. The number of hydrogen-bond donors (Lipinski definition) is 0. The predicted molar refractivity (Wildman–Crippen MR) is 149 cm³/mol. The molecule has 214 valence electrons. The summed E-state index contributed by atoms with van der Waals surface area (Å²) in [5, 5.41) is 3.02. The summed E-state index contributed by atoms with van der Waals surface area (Å²) in [5.41, 5.74) is 1.31. The van der Waals surface area contributed by atoms with Gasteiger partial charge in [0.2, 0.25) is 0 Å². The highest BCUT2D eigenvalue weighted by atomic mass is 16.6. The van der Waals surface area contributed by atoms with Crippen molar-refractivity contribution in [2.45, 2.75) is 58.5 Å². The lowest BCUT2D eigenvalue weighted by Crippen LogP contribution is -2.40. The first-order chi connectivity index (χ1) is 19.6. The Kier molecular flexibility index (Phi) is 7.68. The van der Waals surface area contributed by atoms with Gasteiger partial charge in [-0.05, 0) is 47.2 Å². The fraction of sp³-hybridized carbons (Fsp3) is 0.355. The van der Waals surface area contributed by atoms with Crippen LogP contribution in [0.25, 0.3) is 32.5 Å². The summed E-state index contributed by atoms with van der Waals surface area (Å²) < 4.78 is 34.3. The Bertz CT molecular complexity index is 1740. The molecule has 3 aromatic carbocycles. The maximum Gasteiger partial charge on any atom is 0.344 e. The molecular weight excluding hydrogens is 532 g/mol. The highest BCUT2D eigenvalue weighted by Crippen LogP contribution is 2.44. The van der Waals surface area contributed by atoms with Gasteiger partial charge >= 0.3 is 23.5 Å². The van der Waals surface area contributed by atoms with E-state index >= 15 is 0 Å². The molecule has 5 rings (SSSR count). The second kappa shape index (κ2) is 11.2. The van der Waals surface area contributed by atoms with E-state index in [0.29, 0.717) is 38.4 Å². The smallest absolute Gasteiger partial charge is 0.344 e. The maximum atomic E-state index is 13.3. The summed E-state index contributed by atoms with van der Waals surface area (Å²) in [6, 6.07) is 12.9. The van der Waals surface area contributed by atoms with Crippen LogP contribution in [0.3, 0.4) is 0 Å². The normalized spacial score (nSPS) is 20.3. The summed E-state index contributed by atoms with van der Waals surface area (Å²) in [6.45, 7) is 5.47. The molecule has 4 atom stereocenters. The zero-order chi connectivity index (χ0) is 29.4. The van der Waals surface area contributed by atoms with Crippen molar-refractivity contribution in [1.82, 2.24) is 0 Å². The van der Waals surface area contributed by atoms with Crippen LogP contribution in [0.5, 0.6) is 5.75 Å². The number of rotatable bonds is 7. The predicted octanol–water partition coefficient (Wildman–Crippen LogP) is 4.54. The SMILES string of the molecule is CCc1ccc2c(c1)c(=O)oc1c2ccc2c(OC)ccc([C@H]3O[C@H](COC(C)=O)[C@@H](OC(C)=O)[C@H]3OC(C)=O)c21. The number of ether oxygens (including phenoxy) is 5. The molecule has 0 radical (unpaired) electrons. The van der Waals surface area contributed by atoms with Crippen molar-refractivity contribution in [2.75, 3.05) is 13.7 Å². The largest absolute Gasteiger partial charge is 0.496 e. The monoisotopic (exact) mass is 562 g/mol. The number of carbonyl (C=O) groups excluding carboxylic acids is 3. The van der Waals surface area contributed by atoms with Crippen molar-refractivity contribution in [1.29, 1.82) is 0 Å². The van der Waals surface area contributed by atoms with E-state index in [2.05, 4.69) is 0 Å². The van der Waals surface area contributed by atoms with E-state index < -0.39 is 47.9 Å². The van der Waals surface area contributed by atoms with Crippen LogP contribution in [0, 0.1) is 0 Å². The molecule has 0 bridgehead atoms. The number of benzene rings is 3. The molecule has 1 aliphatic heterocycles. The minimum atomic E-state index is -1.09. The van der Waals surface area contributed by atoms with Gasteiger partial charge in [0, 0.05) is 36.9 Å². The van der Waals surface area contributed by atoms with Crippen molar-refractivity contribution < 1.29 is 42.5 Å². The molecule has 4 aromatic rings. The summed E-state index contributed by atoms with van der Waals surface area (Å²) in [6.07, 6.45) is -3.33. The number of methoxy groups -OCH3 is 1. The molecule has 10 nitrogen and oxygen atoms in total. The van der Waals surface area contributed by atoms with Crippen LogP contribution < -0.4 is 10.4 Å². The molecule has 0 saturated carbocycles. The first-order valence-electron chi connectivity index (χ1n) is 13.2. The van der Waals surface area contributed by atoms with E-state index in [0.717, 1.165) is 17.4 Å². The molecule has 0 amide bonds. The van der Waals surface area contributed by atoms with Crippen LogP contribution in [0.15, 0.2) is 51.7 Å². The average Bonchev–Trinajstić information content (AvgIpc) is 3.26. The van der Waals surface area contributed by atoms with Crippen LogP contribution in [0.2, 0.25) is 0 Å². The van der Waals surface area contributed by atoms with Crippen LogP contribution in [-0.2, 0) is 39.8 Å². The van der Waals surface area contributed by atoms with E-state index in [9.17, 15) is 19.2 Å². The third-order valence-electron chi connectivity index (χ3n) is 7.21. The minimum absolute atomic E-state index is 0.240. The molecule has 2 heterocycles. The van der Waals surface area contributed by atoms with Gasteiger partial charge in [0.05, 0.1) is 12.5 Å². The van der Waals surface area contributed by atoms with Gasteiger partial charge in [-0.25, -0.2) is 4.79 Å². The lowest BCUT2D eigenvalue weighted by atomic mass is 9.93. The molecule has 1 aliphatic rings. The van der Waals surface area contributed by atoms with Gasteiger partial charge in [0.1, 0.15) is 30.1 Å². The van der Waals surface area contributed by atoms with Gasteiger partial charge in [-0.1, -0.05) is 25.1 Å². The van der Waals surface area contributed by atoms with Crippen LogP contribution in [0.1, 0.15) is 44.9 Å². The molecule has 0 spiro atoms. The third-order valence-corrected chi connectivity index (χ3v) is 7.21. The number of esters is 3. The van der Waals surface area contributed by atoms with Gasteiger partial charge < -0.3 is 28.1 Å². The van der Waals surface area contributed by atoms with Crippen molar-refractivity contribution in [3.63, 3.8) is 0 Å². The van der Waals surface area contributed by atoms with Crippen LogP contribution in [0.4, 0.5) is 0 Å². The van der Waals surface area contributed by atoms with Gasteiger partial charge in [-0.3, -0.25) is 14.4 Å². The molecule has 0 unspecified atom stereocenters. The van der Waals surface area contributed by atoms with E-state index in [1.54, 1.807) is 12.1 Å². The Hall–Kier alpha value is -4.44. The summed E-state index contributed by atoms with van der Waals surface area (Å²) in [4.78, 5) is 49.1. The molecular formula is C31H30O10.